The van der Waals surface area contributed by atoms with Gasteiger partial charge in [-0.1, -0.05) is 0 Å². The Hall–Kier alpha value is -1.86. The summed E-state index contributed by atoms with van der Waals surface area (Å²) in [6.45, 7) is 0. The van der Waals surface area contributed by atoms with E-state index in [2.05, 4.69) is 4.98 Å². The van der Waals surface area contributed by atoms with Crippen LogP contribution in [0.4, 0.5) is 4.39 Å². The fraction of sp³-hybridized carbons (Fsp3) is 0.250. The Kier molecular flexibility index (Phi) is 4.88. The number of hydrogen-bond donors (Lipinski definition) is 0. The topological polar surface area (TPSA) is 70.4 Å². The first kappa shape index (κ1) is 17.9. The minimum atomic E-state index is -3.18. The molecule has 0 fully saturated rings. The molecule has 0 amide bonds. The smallest absolute Gasteiger partial charge is 0.312 e. The van der Waals surface area contributed by atoms with Crippen LogP contribution < -0.4 is 5.56 Å². The molecule has 2 aromatic heterocycles. The molecule has 2 heterocycles. The van der Waals surface area contributed by atoms with Crippen molar-refractivity contribution in [3.8, 4) is 10.7 Å². The predicted octanol–water partition coefficient (Wildman–Crippen LogP) is 3.79. The molecule has 25 heavy (non-hydrogen) atoms. The first-order valence-corrected chi connectivity index (χ1v) is 9.87. The first-order chi connectivity index (χ1) is 11.9. The van der Waals surface area contributed by atoms with E-state index < -0.39 is 13.4 Å². The van der Waals surface area contributed by atoms with E-state index in [9.17, 15) is 13.8 Å². The molecule has 0 saturated heterocycles. The SMILES string of the molecule is COP(=O)(Cc1ccc(-c2nc3cc(F)ccc3c(=O)n2C)s1)OC. The third-order valence-electron chi connectivity index (χ3n) is 3.83. The van der Waals surface area contributed by atoms with Gasteiger partial charge in [-0.2, -0.15) is 0 Å². The Morgan fingerprint density at radius 2 is 1.96 bits per heavy atom. The minimum Gasteiger partial charge on any atom is -0.312 e. The standard InChI is InChI=1S/C16H16FN2O4PS/c1-19-15(18-13-8-10(17)4-6-12(13)16(19)20)14-7-5-11(25-14)9-24(21,22-2)23-3/h4-8H,9H2,1-3H3. The maximum absolute atomic E-state index is 13.5. The van der Waals surface area contributed by atoms with Gasteiger partial charge in [0, 0.05) is 32.2 Å². The normalized spacial score (nSPS) is 12.0. The number of aromatic nitrogens is 2. The molecule has 3 aromatic rings. The molecular weight excluding hydrogens is 366 g/mol. The molecule has 9 heteroatoms. The average Bonchev–Trinajstić information content (AvgIpc) is 3.05. The molecule has 132 valence electrons. The van der Waals surface area contributed by atoms with Gasteiger partial charge in [-0.3, -0.25) is 13.9 Å². The zero-order valence-electron chi connectivity index (χ0n) is 13.9. The summed E-state index contributed by atoms with van der Waals surface area (Å²) in [5.41, 5.74) is 0.0434. The maximum Gasteiger partial charge on any atom is 0.335 e. The molecule has 6 nitrogen and oxygen atoms in total. The quantitative estimate of drug-likeness (QED) is 0.628. The Balaban J connectivity index is 2.07. The van der Waals surface area contributed by atoms with E-state index in [1.807, 2.05) is 0 Å². The van der Waals surface area contributed by atoms with Crippen LogP contribution in [0.1, 0.15) is 4.88 Å². The van der Waals surface area contributed by atoms with Crippen molar-refractivity contribution in [2.24, 2.45) is 7.05 Å². The third kappa shape index (κ3) is 3.43. The van der Waals surface area contributed by atoms with Gasteiger partial charge < -0.3 is 9.05 Å². The molecule has 0 N–H and O–H groups in total. The Labute approximate surface area is 147 Å². The van der Waals surface area contributed by atoms with Crippen molar-refractivity contribution in [2.75, 3.05) is 14.2 Å². The van der Waals surface area contributed by atoms with Gasteiger partial charge in [-0.25, -0.2) is 9.37 Å². The van der Waals surface area contributed by atoms with Crippen LogP contribution in [0.15, 0.2) is 35.1 Å². The molecule has 0 bridgehead atoms. The lowest BCUT2D eigenvalue weighted by Crippen LogP contribution is -2.20. The van der Waals surface area contributed by atoms with Crippen LogP contribution in [-0.2, 0) is 26.8 Å². The van der Waals surface area contributed by atoms with Gasteiger partial charge in [0.25, 0.3) is 5.56 Å². The molecule has 0 unspecified atom stereocenters. The zero-order valence-corrected chi connectivity index (χ0v) is 15.6. The summed E-state index contributed by atoms with van der Waals surface area (Å²) in [5, 5.41) is 0.354. The van der Waals surface area contributed by atoms with E-state index in [1.165, 1.54) is 48.3 Å². The highest BCUT2D eigenvalue weighted by atomic mass is 32.1. The summed E-state index contributed by atoms with van der Waals surface area (Å²) in [6, 6.07) is 7.46. The second-order valence-electron chi connectivity index (χ2n) is 5.36. The largest absolute Gasteiger partial charge is 0.335 e. The van der Waals surface area contributed by atoms with E-state index in [-0.39, 0.29) is 11.7 Å². The third-order valence-corrected chi connectivity index (χ3v) is 6.96. The van der Waals surface area contributed by atoms with E-state index in [4.69, 9.17) is 9.05 Å². The van der Waals surface area contributed by atoms with Gasteiger partial charge in [-0.05, 0) is 24.3 Å². The van der Waals surface area contributed by atoms with Crippen molar-refractivity contribution in [3.63, 3.8) is 0 Å². The van der Waals surface area contributed by atoms with Gasteiger partial charge >= 0.3 is 7.60 Å². The summed E-state index contributed by atoms with van der Waals surface area (Å²) in [4.78, 5) is 18.4. The molecule has 1 aromatic carbocycles. The molecule has 0 atom stereocenters. The molecule has 0 aliphatic carbocycles. The summed E-state index contributed by atoms with van der Waals surface area (Å²) in [6.07, 6.45) is 0.126. The van der Waals surface area contributed by atoms with Crippen LogP contribution in [0.2, 0.25) is 0 Å². The molecule has 0 aliphatic rings. The lowest BCUT2D eigenvalue weighted by Gasteiger charge is -2.11. The van der Waals surface area contributed by atoms with Gasteiger partial charge in [0.2, 0.25) is 0 Å². The molecule has 0 radical (unpaired) electrons. The van der Waals surface area contributed by atoms with Gasteiger partial charge in [0.05, 0.1) is 21.9 Å². The predicted molar refractivity (Wildman–Crippen MR) is 95.6 cm³/mol. The van der Waals surface area contributed by atoms with Gasteiger partial charge in [0.1, 0.15) is 5.82 Å². The molecule has 0 aliphatic heterocycles. The highest BCUT2D eigenvalue weighted by molar-refractivity contribution is 7.53. The molecular formula is C16H16FN2O4PS. The summed E-state index contributed by atoms with van der Waals surface area (Å²) < 4.78 is 37.0. The van der Waals surface area contributed by atoms with Crippen molar-refractivity contribution in [2.45, 2.75) is 6.16 Å². The maximum atomic E-state index is 13.5. The van der Waals surface area contributed by atoms with E-state index in [1.54, 1.807) is 19.2 Å². The number of halogens is 1. The highest BCUT2D eigenvalue weighted by Gasteiger charge is 2.23. The fourth-order valence-electron chi connectivity index (χ4n) is 2.44. The van der Waals surface area contributed by atoms with E-state index in [0.717, 1.165) is 4.88 Å². The number of nitrogens with zero attached hydrogens (tertiary/aromatic N) is 2. The van der Waals surface area contributed by atoms with Crippen molar-refractivity contribution < 1.29 is 18.0 Å². The van der Waals surface area contributed by atoms with Crippen LogP contribution in [0.3, 0.4) is 0 Å². The van der Waals surface area contributed by atoms with Crippen LogP contribution in [0, 0.1) is 5.82 Å². The van der Waals surface area contributed by atoms with E-state index >= 15 is 0 Å². The minimum absolute atomic E-state index is 0.126. The molecule has 3 rings (SSSR count). The van der Waals surface area contributed by atoms with Crippen molar-refractivity contribution >= 4 is 29.8 Å². The van der Waals surface area contributed by atoms with Crippen molar-refractivity contribution in [1.29, 1.82) is 0 Å². The number of rotatable bonds is 5. The monoisotopic (exact) mass is 382 g/mol. The lowest BCUT2D eigenvalue weighted by atomic mass is 10.2. The van der Waals surface area contributed by atoms with E-state index in [0.29, 0.717) is 21.6 Å². The zero-order chi connectivity index (χ0) is 18.2. The molecule has 0 spiro atoms. The Bertz CT molecular complexity index is 1040. The van der Waals surface area contributed by atoms with Crippen LogP contribution >= 0.6 is 18.9 Å². The van der Waals surface area contributed by atoms with Crippen LogP contribution in [0.25, 0.3) is 21.6 Å². The van der Waals surface area contributed by atoms with Crippen LogP contribution in [-0.4, -0.2) is 23.8 Å². The number of hydrogen-bond acceptors (Lipinski definition) is 6. The summed E-state index contributed by atoms with van der Waals surface area (Å²) in [7, 11) is 1.11. The van der Waals surface area contributed by atoms with Gasteiger partial charge in [-0.15, -0.1) is 11.3 Å². The Morgan fingerprint density at radius 3 is 2.64 bits per heavy atom. The second-order valence-corrected chi connectivity index (χ2v) is 8.80. The molecule has 0 saturated carbocycles. The highest BCUT2D eigenvalue weighted by Crippen LogP contribution is 2.51. The fourth-order valence-corrected chi connectivity index (χ4v) is 4.90. The lowest BCUT2D eigenvalue weighted by molar-refractivity contribution is 0.275. The van der Waals surface area contributed by atoms with Crippen LogP contribution in [0.5, 0.6) is 0 Å². The summed E-state index contributed by atoms with van der Waals surface area (Å²) in [5.74, 6) is -0.0313. The second kappa shape index (κ2) is 6.80. The number of fused-ring (bicyclic) bond motifs is 1. The van der Waals surface area contributed by atoms with Crippen molar-refractivity contribution in [3.05, 3.63) is 51.4 Å². The Morgan fingerprint density at radius 1 is 1.24 bits per heavy atom. The summed E-state index contributed by atoms with van der Waals surface area (Å²) >= 11 is 1.33. The number of benzene rings is 1. The number of thiophene rings is 1. The first-order valence-electron chi connectivity index (χ1n) is 7.33. The van der Waals surface area contributed by atoms with Crippen molar-refractivity contribution in [1.82, 2.24) is 9.55 Å². The van der Waals surface area contributed by atoms with Gasteiger partial charge in [0.15, 0.2) is 5.82 Å². The average molecular weight is 382 g/mol.